The summed E-state index contributed by atoms with van der Waals surface area (Å²) < 4.78 is 32.8. The lowest BCUT2D eigenvalue weighted by Crippen LogP contribution is -2.10. The van der Waals surface area contributed by atoms with Crippen molar-refractivity contribution < 1.29 is 13.2 Å². The number of methoxy groups -OCH3 is 1. The molecule has 0 atom stereocenters. The minimum absolute atomic E-state index is 0.0995. The molecule has 6 heteroatoms. The predicted molar refractivity (Wildman–Crippen MR) is 71.7 cm³/mol. The standard InChI is InChI=1S/C12H18N2O3S/c1-5-10-6-7-11(17-4)12(8-10)18(15,16)13-9-14(2)3/h6-9H,5H2,1-4H3. The summed E-state index contributed by atoms with van der Waals surface area (Å²) in [6.07, 6.45) is 2.01. The molecule has 0 aliphatic carbocycles. The van der Waals surface area contributed by atoms with Gasteiger partial charge in [0.25, 0.3) is 10.0 Å². The SMILES string of the molecule is CCc1ccc(OC)c(S(=O)(=O)N=CN(C)C)c1. The van der Waals surface area contributed by atoms with Gasteiger partial charge in [-0.15, -0.1) is 4.40 Å². The minimum atomic E-state index is -3.73. The summed E-state index contributed by atoms with van der Waals surface area (Å²) in [6.45, 7) is 1.96. The van der Waals surface area contributed by atoms with Crippen molar-refractivity contribution in [1.82, 2.24) is 4.90 Å². The average molecular weight is 270 g/mol. The number of aryl methyl sites for hydroxylation is 1. The summed E-state index contributed by atoms with van der Waals surface area (Å²) in [5.41, 5.74) is 0.925. The molecule has 0 aromatic heterocycles. The van der Waals surface area contributed by atoms with Crippen molar-refractivity contribution in [2.45, 2.75) is 18.2 Å². The highest BCUT2D eigenvalue weighted by Gasteiger charge is 2.18. The van der Waals surface area contributed by atoms with E-state index in [0.29, 0.717) is 5.75 Å². The highest BCUT2D eigenvalue weighted by molar-refractivity contribution is 7.90. The van der Waals surface area contributed by atoms with Crippen LogP contribution in [0, 0.1) is 0 Å². The Hall–Kier alpha value is -1.56. The van der Waals surface area contributed by atoms with Crippen LogP contribution in [0.4, 0.5) is 0 Å². The summed E-state index contributed by atoms with van der Waals surface area (Å²) in [7, 11) is 1.13. The van der Waals surface area contributed by atoms with E-state index >= 15 is 0 Å². The Balaban J connectivity index is 3.29. The summed E-state index contributed by atoms with van der Waals surface area (Å²) in [4.78, 5) is 1.66. The van der Waals surface area contributed by atoms with E-state index in [-0.39, 0.29) is 4.90 Å². The van der Waals surface area contributed by atoms with Crippen LogP contribution >= 0.6 is 0 Å². The molecule has 0 N–H and O–H groups in total. The van der Waals surface area contributed by atoms with Gasteiger partial charge in [0, 0.05) is 14.1 Å². The highest BCUT2D eigenvalue weighted by Crippen LogP contribution is 2.26. The lowest BCUT2D eigenvalue weighted by atomic mass is 10.2. The van der Waals surface area contributed by atoms with E-state index in [9.17, 15) is 8.42 Å². The summed E-state index contributed by atoms with van der Waals surface area (Å²) in [6, 6.07) is 5.09. The van der Waals surface area contributed by atoms with Crippen molar-refractivity contribution in [3.63, 3.8) is 0 Å². The van der Waals surface area contributed by atoms with E-state index in [1.165, 1.54) is 13.4 Å². The maximum absolute atomic E-state index is 12.1. The molecule has 18 heavy (non-hydrogen) atoms. The number of nitrogens with zero attached hydrogens (tertiary/aromatic N) is 2. The molecular formula is C12H18N2O3S. The van der Waals surface area contributed by atoms with E-state index in [1.807, 2.05) is 13.0 Å². The number of hydrogen-bond acceptors (Lipinski definition) is 3. The number of benzene rings is 1. The molecular weight excluding hydrogens is 252 g/mol. The molecule has 0 heterocycles. The van der Waals surface area contributed by atoms with Gasteiger partial charge in [0.15, 0.2) is 0 Å². The zero-order chi connectivity index (χ0) is 13.8. The van der Waals surface area contributed by atoms with Crippen molar-refractivity contribution in [2.24, 2.45) is 4.40 Å². The molecule has 0 radical (unpaired) electrons. The van der Waals surface area contributed by atoms with Crippen LogP contribution in [-0.4, -0.2) is 40.9 Å². The number of ether oxygens (including phenoxy) is 1. The topological polar surface area (TPSA) is 59.0 Å². The first-order valence-corrected chi connectivity index (χ1v) is 6.98. The number of hydrogen-bond donors (Lipinski definition) is 0. The van der Waals surface area contributed by atoms with Gasteiger partial charge in [0.2, 0.25) is 0 Å². The van der Waals surface area contributed by atoms with E-state index in [0.717, 1.165) is 12.0 Å². The Labute approximate surface area is 108 Å². The largest absolute Gasteiger partial charge is 0.495 e. The molecule has 100 valence electrons. The first-order chi connectivity index (χ1) is 8.40. The molecule has 0 unspecified atom stereocenters. The maximum Gasteiger partial charge on any atom is 0.287 e. The smallest absolute Gasteiger partial charge is 0.287 e. The lowest BCUT2D eigenvalue weighted by molar-refractivity contribution is 0.402. The summed E-state index contributed by atoms with van der Waals surface area (Å²) >= 11 is 0. The molecule has 1 rings (SSSR count). The van der Waals surface area contributed by atoms with Gasteiger partial charge in [0.05, 0.1) is 7.11 Å². The lowest BCUT2D eigenvalue weighted by Gasteiger charge is -2.09. The quantitative estimate of drug-likeness (QED) is 0.601. The second kappa shape index (κ2) is 5.86. The highest BCUT2D eigenvalue weighted by atomic mass is 32.2. The zero-order valence-electron chi connectivity index (χ0n) is 11.0. The fraction of sp³-hybridized carbons (Fsp3) is 0.417. The van der Waals surface area contributed by atoms with Crippen LogP contribution in [-0.2, 0) is 16.4 Å². The van der Waals surface area contributed by atoms with E-state index in [2.05, 4.69) is 4.40 Å². The Kier molecular flexibility index (Phi) is 4.72. The number of rotatable bonds is 5. The third-order valence-electron chi connectivity index (χ3n) is 2.33. The fourth-order valence-corrected chi connectivity index (χ4v) is 2.49. The fourth-order valence-electron chi connectivity index (χ4n) is 1.36. The predicted octanol–water partition coefficient (Wildman–Crippen LogP) is 1.54. The molecule has 0 aliphatic heterocycles. The minimum Gasteiger partial charge on any atom is -0.495 e. The van der Waals surface area contributed by atoms with Gasteiger partial charge in [-0.3, -0.25) is 0 Å². The third-order valence-corrected chi connectivity index (χ3v) is 3.58. The van der Waals surface area contributed by atoms with Crippen molar-refractivity contribution in [3.05, 3.63) is 23.8 Å². The summed E-state index contributed by atoms with van der Waals surface area (Å²) in [5, 5.41) is 0. The van der Waals surface area contributed by atoms with Gasteiger partial charge in [-0.1, -0.05) is 13.0 Å². The zero-order valence-corrected chi connectivity index (χ0v) is 11.9. The van der Waals surface area contributed by atoms with Crippen LogP contribution in [0.1, 0.15) is 12.5 Å². The Morgan fingerprint density at radius 1 is 1.39 bits per heavy atom. The first kappa shape index (κ1) is 14.5. The van der Waals surface area contributed by atoms with Crippen LogP contribution in [0.15, 0.2) is 27.5 Å². The Morgan fingerprint density at radius 2 is 2.06 bits per heavy atom. The molecule has 5 nitrogen and oxygen atoms in total. The Bertz CT molecular complexity index is 536. The van der Waals surface area contributed by atoms with E-state index < -0.39 is 10.0 Å². The van der Waals surface area contributed by atoms with Crippen molar-refractivity contribution in [1.29, 1.82) is 0 Å². The van der Waals surface area contributed by atoms with E-state index in [4.69, 9.17) is 4.74 Å². The summed E-state index contributed by atoms with van der Waals surface area (Å²) in [5.74, 6) is 0.308. The molecule has 0 bridgehead atoms. The van der Waals surface area contributed by atoms with E-state index in [1.54, 1.807) is 31.1 Å². The molecule has 0 amide bonds. The molecule has 1 aromatic carbocycles. The second-order valence-electron chi connectivity index (χ2n) is 4.00. The molecule has 0 saturated carbocycles. The monoisotopic (exact) mass is 270 g/mol. The Morgan fingerprint density at radius 3 is 2.56 bits per heavy atom. The van der Waals surface area contributed by atoms with Crippen molar-refractivity contribution in [3.8, 4) is 5.75 Å². The maximum atomic E-state index is 12.1. The first-order valence-electron chi connectivity index (χ1n) is 5.54. The van der Waals surface area contributed by atoms with Crippen LogP contribution in [0.2, 0.25) is 0 Å². The van der Waals surface area contributed by atoms with Crippen LogP contribution < -0.4 is 4.74 Å². The van der Waals surface area contributed by atoms with Crippen LogP contribution in [0.5, 0.6) is 5.75 Å². The van der Waals surface area contributed by atoms with Crippen LogP contribution in [0.25, 0.3) is 0 Å². The normalized spacial score (nSPS) is 11.8. The molecule has 0 spiro atoms. The van der Waals surface area contributed by atoms with Gasteiger partial charge >= 0.3 is 0 Å². The number of sulfonamides is 1. The van der Waals surface area contributed by atoms with Gasteiger partial charge in [-0.25, -0.2) is 0 Å². The third kappa shape index (κ3) is 3.46. The molecule has 0 aliphatic rings. The van der Waals surface area contributed by atoms with Gasteiger partial charge < -0.3 is 9.64 Å². The van der Waals surface area contributed by atoms with Gasteiger partial charge in [0.1, 0.15) is 17.0 Å². The van der Waals surface area contributed by atoms with Crippen LogP contribution in [0.3, 0.4) is 0 Å². The molecule has 0 saturated heterocycles. The average Bonchev–Trinajstić information content (AvgIpc) is 2.35. The molecule has 0 fully saturated rings. The van der Waals surface area contributed by atoms with Gasteiger partial charge in [-0.05, 0) is 24.1 Å². The van der Waals surface area contributed by atoms with Crippen molar-refractivity contribution in [2.75, 3.05) is 21.2 Å². The molecule has 1 aromatic rings. The second-order valence-corrected chi connectivity index (χ2v) is 5.60. The van der Waals surface area contributed by atoms with Crippen molar-refractivity contribution >= 4 is 16.4 Å². The van der Waals surface area contributed by atoms with Gasteiger partial charge in [-0.2, -0.15) is 8.42 Å².